The standard InChI is InChI=1S/C13H18O/c1-11(10-12(2)14)8-9-13-6-4-3-5-7-13/h3-7,11H,8-10H2,1-2H3. The molecule has 1 heteroatoms. The van der Waals surface area contributed by atoms with Crippen LogP contribution in [-0.2, 0) is 11.2 Å². The molecule has 1 nitrogen and oxygen atoms in total. The second-order valence-corrected chi connectivity index (χ2v) is 4.04. The SMILES string of the molecule is CC(=O)CC(C)CCc1ccccc1. The highest BCUT2D eigenvalue weighted by Crippen LogP contribution is 2.12. The number of ketones is 1. The fourth-order valence-electron chi connectivity index (χ4n) is 1.65. The summed E-state index contributed by atoms with van der Waals surface area (Å²) in [5.74, 6) is 0.804. The number of carbonyl (C=O) groups excluding carboxylic acids is 1. The van der Waals surface area contributed by atoms with Crippen molar-refractivity contribution >= 4 is 5.78 Å². The number of hydrogen-bond donors (Lipinski definition) is 0. The van der Waals surface area contributed by atoms with Crippen molar-refractivity contribution in [3.63, 3.8) is 0 Å². The normalized spacial score (nSPS) is 12.4. The number of Topliss-reactive ketones (excluding diaryl/α,β-unsaturated/α-hetero) is 1. The van der Waals surface area contributed by atoms with Gasteiger partial charge in [0.25, 0.3) is 0 Å². The monoisotopic (exact) mass is 190 g/mol. The molecular formula is C13H18O. The Morgan fingerprint density at radius 1 is 1.29 bits per heavy atom. The van der Waals surface area contributed by atoms with Gasteiger partial charge in [-0.15, -0.1) is 0 Å². The Kier molecular flexibility index (Phi) is 4.37. The van der Waals surface area contributed by atoms with Gasteiger partial charge in [0.05, 0.1) is 0 Å². The molecule has 1 rings (SSSR count). The summed E-state index contributed by atoms with van der Waals surface area (Å²) in [6.07, 6.45) is 2.89. The summed E-state index contributed by atoms with van der Waals surface area (Å²) >= 11 is 0. The van der Waals surface area contributed by atoms with Crippen molar-refractivity contribution < 1.29 is 4.79 Å². The Labute approximate surface area is 86.1 Å². The Bertz CT molecular complexity index is 277. The first-order valence-corrected chi connectivity index (χ1v) is 5.22. The van der Waals surface area contributed by atoms with Crippen molar-refractivity contribution in [1.82, 2.24) is 0 Å². The molecule has 0 aliphatic carbocycles. The number of hydrogen-bond acceptors (Lipinski definition) is 1. The van der Waals surface area contributed by atoms with Crippen molar-refractivity contribution in [1.29, 1.82) is 0 Å². The molecule has 0 aliphatic heterocycles. The maximum atomic E-state index is 10.9. The minimum atomic E-state index is 0.297. The number of rotatable bonds is 5. The molecule has 0 heterocycles. The van der Waals surface area contributed by atoms with Crippen LogP contribution in [0.2, 0.25) is 0 Å². The molecular weight excluding hydrogens is 172 g/mol. The van der Waals surface area contributed by atoms with E-state index in [1.54, 1.807) is 6.92 Å². The quantitative estimate of drug-likeness (QED) is 0.696. The smallest absolute Gasteiger partial charge is 0.130 e. The Morgan fingerprint density at radius 2 is 1.93 bits per heavy atom. The zero-order valence-electron chi connectivity index (χ0n) is 8.99. The number of aryl methyl sites for hydroxylation is 1. The van der Waals surface area contributed by atoms with Gasteiger partial charge in [-0.3, -0.25) is 0 Å². The van der Waals surface area contributed by atoms with Gasteiger partial charge in [-0.05, 0) is 31.2 Å². The molecule has 0 aromatic heterocycles. The summed E-state index contributed by atoms with van der Waals surface area (Å²) in [7, 11) is 0. The summed E-state index contributed by atoms with van der Waals surface area (Å²) in [6.45, 7) is 3.81. The van der Waals surface area contributed by atoms with Gasteiger partial charge in [-0.25, -0.2) is 0 Å². The lowest BCUT2D eigenvalue weighted by molar-refractivity contribution is -0.117. The lowest BCUT2D eigenvalue weighted by Crippen LogP contribution is -2.03. The second-order valence-electron chi connectivity index (χ2n) is 4.04. The van der Waals surface area contributed by atoms with E-state index >= 15 is 0 Å². The molecule has 0 saturated carbocycles. The third-order valence-electron chi connectivity index (χ3n) is 2.40. The van der Waals surface area contributed by atoms with E-state index in [0.717, 1.165) is 12.8 Å². The molecule has 76 valence electrons. The minimum absolute atomic E-state index is 0.297. The van der Waals surface area contributed by atoms with E-state index in [-0.39, 0.29) is 0 Å². The van der Waals surface area contributed by atoms with E-state index in [4.69, 9.17) is 0 Å². The van der Waals surface area contributed by atoms with Crippen LogP contribution in [0.15, 0.2) is 30.3 Å². The van der Waals surface area contributed by atoms with Crippen molar-refractivity contribution in [2.75, 3.05) is 0 Å². The maximum Gasteiger partial charge on any atom is 0.130 e. The first-order chi connectivity index (χ1) is 6.68. The molecule has 0 saturated heterocycles. The third kappa shape index (κ3) is 4.22. The van der Waals surface area contributed by atoms with Crippen LogP contribution >= 0.6 is 0 Å². The molecule has 0 radical (unpaired) electrons. The lowest BCUT2D eigenvalue weighted by atomic mass is 9.97. The highest BCUT2D eigenvalue weighted by Gasteiger charge is 2.05. The van der Waals surface area contributed by atoms with Crippen molar-refractivity contribution in [2.24, 2.45) is 5.92 Å². The van der Waals surface area contributed by atoms with Crippen LogP contribution in [0.4, 0.5) is 0 Å². The van der Waals surface area contributed by atoms with E-state index in [1.165, 1.54) is 5.56 Å². The van der Waals surface area contributed by atoms with Gasteiger partial charge in [-0.1, -0.05) is 37.3 Å². The maximum absolute atomic E-state index is 10.9. The summed E-state index contributed by atoms with van der Waals surface area (Å²) in [5, 5.41) is 0. The highest BCUT2D eigenvalue weighted by atomic mass is 16.1. The second kappa shape index (κ2) is 5.58. The van der Waals surface area contributed by atoms with Gasteiger partial charge in [0, 0.05) is 6.42 Å². The first kappa shape index (κ1) is 11.0. The minimum Gasteiger partial charge on any atom is -0.300 e. The van der Waals surface area contributed by atoms with Crippen LogP contribution in [0.5, 0.6) is 0 Å². The fourth-order valence-corrected chi connectivity index (χ4v) is 1.65. The van der Waals surface area contributed by atoms with Gasteiger partial charge in [0.15, 0.2) is 0 Å². The molecule has 0 N–H and O–H groups in total. The van der Waals surface area contributed by atoms with Crippen LogP contribution in [-0.4, -0.2) is 5.78 Å². The number of carbonyl (C=O) groups is 1. The van der Waals surface area contributed by atoms with Crippen LogP contribution in [0.3, 0.4) is 0 Å². The molecule has 1 unspecified atom stereocenters. The van der Waals surface area contributed by atoms with Gasteiger partial charge < -0.3 is 4.79 Å². The Hall–Kier alpha value is -1.11. The summed E-state index contributed by atoms with van der Waals surface area (Å²) < 4.78 is 0. The highest BCUT2D eigenvalue weighted by molar-refractivity contribution is 5.75. The largest absolute Gasteiger partial charge is 0.300 e. The van der Waals surface area contributed by atoms with E-state index in [1.807, 2.05) is 6.07 Å². The molecule has 1 aromatic rings. The van der Waals surface area contributed by atoms with E-state index in [0.29, 0.717) is 18.1 Å². The first-order valence-electron chi connectivity index (χ1n) is 5.22. The number of benzene rings is 1. The zero-order valence-corrected chi connectivity index (χ0v) is 8.99. The molecule has 0 spiro atoms. The topological polar surface area (TPSA) is 17.1 Å². The van der Waals surface area contributed by atoms with Crippen molar-refractivity contribution in [3.8, 4) is 0 Å². The summed E-state index contributed by atoms with van der Waals surface area (Å²) in [4.78, 5) is 10.9. The van der Waals surface area contributed by atoms with Gasteiger partial charge in [-0.2, -0.15) is 0 Å². The summed E-state index contributed by atoms with van der Waals surface area (Å²) in [5.41, 5.74) is 1.36. The zero-order chi connectivity index (χ0) is 10.4. The Balaban J connectivity index is 2.30. The van der Waals surface area contributed by atoms with Gasteiger partial charge in [0.2, 0.25) is 0 Å². The van der Waals surface area contributed by atoms with Crippen molar-refractivity contribution in [3.05, 3.63) is 35.9 Å². The molecule has 0 amide bonds. The molecule has 1 atom stereocenters. The van der Waals surface area contributed by atoms with Crippen LogP contribution in [0.1, 0.15) is 32.3 Å². The predicted molar refractivity (Wildman–Crippen MR) is 59.2 cm³/mol. The fraction of sp³-hybridized carbons (Fsp3) is 0.462. The van der Waals surface area contributed by atoms with Crippen LogP contribution in [0.25, 0.3) is 0 Å². The molecule has 14 heavy (non-hydrogen) atoms. The predicted octanol–water partition coefficient (Wildman–Crippen LogP) is 3.23. The van der Waals surface area contributed by atoms with E-state index < -0.39 is 0 Å². The average Bonchev–Trinajstić information content (AvgIpc) is 2.15. The van der Waals surface area contributed by atoms with Crippen LogP contribution < -0.4 is 0 Å². The van der Waals surface area contributed by atoms with E-state index in [9.17, 15) is 4.79 Å². The van der Waals surface area contributed by atoms with Gasteiger partial charge in [0.1, 0.15) is 5.78 Å². The Morgan fingerprint density at radius 3 is 2.50 bits per heavy atom. The molecule has 1 aromatic carbocycles. The summed E-state index contributed by atoms with van der Waals surface area (Å²) in [6, 6.07) is 10.4. The average molecular weight is 190 g/mol. The van der Waals surface area contributed by atoms with Gasteiger partial charge >= 0.3 is 0 Å². The van der Waals surface area contributed by atoms with Crippen LogP contribution in [0, 0.1) is 5.92 Å². The van der Waals surface area contributed by atoms with E-state index in [2.05, 4.69) is 31.2 Å². The molecule has 0 bridgehead atoms. The molecule has 0 fully saturated rings. The lowest BCUT2D eigenvalue weighted by Gasteiger charge is -2.08. The molecule has 0 aliphatic rings. The third-order valence-corrected chi connectivity index (χ3v) is 2.40. The van der Waals surface area contributed by atoms with Crippen molar-refractivity contribution in [2.45, 2.75) is 33.1 Å².